The van der Waals surface area contributed by atoms with Crippen LogP contribution in [0.15, 0.2) is 66.0 Å². The summed E-state index contributed by atoms with van der Waals surface area (Å²) in [7, 11) is -3.41. The van der Waals surface area contributed by atoms with Gasteiger partial charge in [0.1, 0.15) is 12.1 Å². The van der Waals surface area contributed by atoms with E-state index < -0.39 is 9.84 Å². The number of H-pyrrole nitrogens is 1. The maximum Gasteiger partial charge on any atom is 0.229 e. The number of anilines is 4. The van der Waals surface area contributed by atoms with E-state index >= 15 is 0 Å². The van der Waals surface area contributed by atoms with Crippen molar-refractivity contribution in [1.29, 1.82) is 0 Å². The molecule has 2 aromatic heterocycles. The number of hydrogen-bond acceptors (Lipinski definition) is 8. The molecule has 2 aromatic carbocycles. The van der Waals surface area contributed by atoms with Gasteiger partial charge in [-0.25, -0.2) is 18.4 Å². The van der Waals surface area contributed by atoms with Crippen molar-refractivity contribution in [3.63, 3.8) is 0 Å². The number of aryl methyl sites for hydroxylation is 1. The molecule has 0 spiro atoms. The summed E-state index contributed by atoms with van der Waals surface area (Å²) < 4.78 is 25.6. The average Bonchev–Trinajstić information content (AvgIpc) is 3.30. The molecule has 2 heterocycles. The number of hydrogen-bond donors (Lipinski definition) is 3. The van der Waals surface area contributed by atoms with E-state index in [1.807, 2.05) is 58.0 Å². The van der Waals surface area contributed by atoms with Gasteiger partial charge in [-0.3, -0.25) is 5.10 Å². The number of sulfone groups is 1. The van der Waals surface area contributed by atoms with Crippen LogP contribution in [0.4, 0.5) is 23.1 Å². The Labute approximate surface area is 199 Å². The predicted molar refractivity (Wildman–Crippen MR) is 133 cm³/mol. The topological polar surface area (TPSA) is 126 Å². The Hall–Kier alpha value is -3.79. The molecule has 0 saturated carbocycles. The Kier molecular flexibility index (Phi) is 6.34. The molecule has 3 N–H and O–H groups in total. The molecule has 34 heavy (non-hydrogen) atoms. The third-order valence-corrected chi connectivity index (χ3v) is 7.10. The molecule has 0 bridgehead atoms. The zero-order valence-electron chi connectivity index (χ0n) is 19.5. The van der Waals surface area contributed by atoms with Crippen LogP contribution in [0.2, 0.25) is 0 Å². The van der Waals surface area contributed by atoms with Crippen LogP contribution in [-0.4, -0.2) is 39.3 Å². The van der Waals surface area contributed by atoms with Crippen molar-refractivity contribution in [3.05, 3.63) is 66.6 Å². The molecule has 0 saturated heterocycles. The van der Waals surface area contributed by atoms with Gasteiger partial charge < -0.3 is 10.6 Å². The minimum absolute atomic E-state index is 0.0687. The SMILES string of the molecule is Cc1cnc(Nc2ccc(-c3ncn[nH]3)cc2)nc1Nc1cccc(S(=O)(=O)CC(C)(C)C)c1. The summed E-state index contributed by atoms with van der Waals surface area (Å²) in [6, 6.07) is 14.4. The van der Waals surface area contributed by atoms with Crippen LogP contribution in [0.25, 0.3) is 11.4 Å². The van der Waals surface area contributed by atoms with Crippen LogP contribution >= 0.6 is 0 Å². The predicted octanol–water partition coefficient (Wildman–Crippen LogP) is 4.88. The summed E-state index contributed by atoms with van der Waals surface area (Å²) >= 11 is 0. The van der Waals surface area contributed by atoms with Gasteiger partial charge in [-0.05, 0) is 54.8 Å². The lowest BCUT2D eigenvalue weighted by Gasteiger charge is -2.18. The summed E-state index contributed by atoms with van der Waals surface area (Å²) in [5.74, 6) is 1.76. The van der Waals surface area contributed by atoms with E-state index in [4.69, 9.17) is 0 Å². The van der Waals surface area contributed by atoms with Crippen LogP contribution in [-0.2, 0) is 9.84 Å². The maximum atomic E-state index is 12.8. The van der Waals surface area contributed by atoms with E-state index in [1.165, 1.54) is 6.33 Å². The van der Waals surface area contributed by atoms with Crippen LogP contribution in [0.5, 0.6) is 0 Å². The van der Waals surface area contributed by atoms with Crippen molar-refractivity contribution in [2.75, 3.05) is 16.4 Å². The third kappa shape index (κ3) is 5.76. The van der Waals surface area contributed by atoms with Crippen molar-refractivity contribution >= 4 is 33.0 Å². The van der Waals surface area contributed by atoms with Crippen LogP contribution in [0.3, 0.4) is 0 Å². The second-order valence-electron chi connectivity index (χ2n) is 9.23. The number of nitrogens with one attached hydrogen (secondary N) is 3. The molecule has 0 amide bonds. The maximum absolute atomic E-state index is 12.8. The minimum atomic E-state index is -3.41. The first-order valence-electron chi connectivity index (χ1n) is 10.8. The van der Waals surface area contributed by atoms with E-state index in [9.17, 15) is 8.42 Å². The normalized spacial score (nSPS) is 11.9. The summed E-state index contributed by atoms with van der Waals surface area (Å²) in [5, 5.41) is 13.1. The zero-order valence-corrected chi connectivity index (χ0v) is 20.3. The fourth-order valence-electron chi connectivity index (χ4n) is 3.37. The van der Waals surface area contributed by atoms with E-state index in [2.05, 4.69) is 35.8 Å². The summed E-state index contributed by atoms with van der Waals surface area (Å²) in [5.41, 5.74) is 2.86. The molecule has 10 heteroatoms. The van der Waals surface area contributed by atoms with Gasteiger partial charge in [-0.15, -0.1) is 0 Å². The van der Waals surface area contributed by atoms with E-state index in [0.717, 1.165) is 16.8 Å². The summed E-state index contributed by atoms with van der Waals surface area (Å²) in [6.45, 7) is 7.62. The third-order valence-electron chi connectivity index (χ3n) is 4.88. The summed E-state index contributed by atoms with van der Waals surface area (Å²) in [6.07, 6.45) is 3.17. The highest BCUT2D eigenvalue weighted by atomic mass is 32.2. The number of benzene rings is 2. The molecule has 0 radical (unpaired) electrons. The van der Waals surface area contributed by atoms with Gasteiger partial charge in [0.25, 0.3) is 0 Å². The molecule has 176 valence electrons. The van der Waals surface area contributed by atoms with Crippen molar-refractivity contribution in [3.8, 4) is 11.4 Å². The zero-order chi connectivity index (χ0) is 24.3. The van der Waals surface area contributed by atoms with E-state index in [0.29, 0.717) is 23.3 Å². The fourth-order valence-corrected chi connectivity index (χ4v) is 5.27. The fraction of sp³-hybridized carbons (Fsp3) is 0.250. The Morgan fingerprint density at radius 3 is 2.41 bits per heavy atom. The molecule has 0 fully saturated rings. The van der Waals surface area contributed by atoms with Gasteiger partial charge in [-0.1, -0.05) is 26.8 Å². The Bertz CT molecular complexity index is 1380. The molecule has 0 aliphatic rings. The van der Waals surface area contributed by atoms with Gasteiger partial charge in [-0.2, -0.15) is 10.1 Å². The molecule has 4 rings (SSSR count). The van der Waals surface area contributed by atoms with Gasteiger partial charge in [0.05, 0.1) is 10.6 Å². The Balaban J connectivity index is 1.52. The largest absolute Gasteiger partial charge is 0.340 e. The van der Waals surface area contributed by atoms with Crippen molar-refractivity contribution in [2.24, 2.45) is 5.41 Å². The monoisotopic (exact) mass is 477 g/mol. The lowest BCUT2D eigenvalue weighted by molar-refractivity contribution is 0.462. The molecule has 4 aromatic rings. The molecule has 0 aliphatic carbocycles. The molecule has 0 atom stereocenters. The Morgan fingerprint density at radius 1 is 0.971 bits per heavy atom. The Morgan fingerprint density at radius 2 is 1.74 bits per heavy atom. The van der Waals surface area contributed by atoms with E-state index in [-0.39, 0.29) is 16.1 Å². The van der Waals surface area contributed by atoms with Gasteiger partial charge in [0.2, 0.25) is 5.95 Å². The van der Waals surface area contributed by atoms with Crippen molar-refractivity contribution in [2.45, 2.75) is 32.6 Å². The quantitative estimate of drug-likeness (QED) is 0.344. The molecule has 0 aliphatic heterocycles. The smallest absolute Gasteiger partial charge is 0.229 e. The summed E-state index contributed by atoms with van der Waals surface area (Å²) in [4.78, 5) is 13.4. The van der Waals surface area contributed by atoms with Crippen molar-refractivity contribution in [1.82, 2.24) is 25.1 Å². The number of aromatic amines is 1. The average molecular weight is 478 g/mol. The first kappa shape index (κ1) is 23.4. The first-order chi connectivity index (χ1) is 16.1. The lowest BCUT2D eigenvalue weighted by atomic mass is 10.0. The molecular weight excluding hydrogens is 450 g/mol. The second-order valence-corrected chi connectivity index (χ2v) is 11.2. The van der Waals surface area contributed by atoms with Crippen LogP contribution in [0.1, 0.15) is 26.3 Å². The lowest BCUT2D eigenvalue weighted by Crippen LogP contribution is -2.20. The number of nitrogens with zero attached hydrogens (tertiary/aromatic N) is 4. The van der Waals surface area contributed by atoms with Gasteiger partial charge in [0.15, 0.2) is 15.7 Å². The second kappa shape index (κ2) is 9.22. The van der Waals surface area contributed by atoms with Crippen LogP contribution < -0.4 is 10.6 Å². The molecular formula is C24H27N7O2S. The molecule has 0 unspecified atom stereocenters. The van der Waals surface area contributed by atoms with Gasteiger partial charge in [0, 0.05) is 28.7 Å². The highest BCUT2D eigenvalue weighted by molar-refractivity contribution is 7.91. The highest BCUT2D eigenvalue weighted by Gasteiger charge is 2.23. The van der Waals surface area contributed by atoms with E-state index in [1.54, 1.807) is 24.4 Å². The van der Waals surface area contributed by atoms with Gasteiger partial charge >= 0.3 is 0 Å². The number of aromatic nitrogens is 5. The first-order valence-corrected chi connectivity index (χ1v) is 12.4. The number of rotatable bonds is 7. The van der Waals surface area contributed by atoms with Crippen LogP contribution in [0, 0.1) is 12.3 Å². The standard InChI is InChI=1S/C24H27N7O2S/c1-16-13-25-23(29-18-10-8-17(9-11-18)22-26-15-27-31-22)30-21(16)28-19-6-5-7-20(12-19)34(32,33)14-24(2,3)4/h5-13,15H,14H2,1-4H3,(H,26,27,31)(H2,25,28,29,30). The highest BCUT2D eigenvalue weighted by Crippen LogP contribution is 2.26. The minimum Gasteiger partial charge on any atom is -0.340 e. The van der Waals surface area contributed by atoms with Crippen molar-refractivity contribution < 1.29 is 8.42 Å². The molecule has 9 nitrogen and oxygen atoms in total.